The van der Waals surface area contributed by atoms with Gasteiger partial charge in [-0.1, -0.05) is 16.8 Å². The number of likely N-dealkylation sites (tertiary alicyclic amines) is 1. The first-order valence-corrected chi connectivity index (χ1v) is 8.53. The number of piperidine rings is 1. The molecule has 3 rings (SSSR count). The average molecular weight is 340 g/mol. The van der Waals surface area contributed by atoms with E-state index in [-0.39, 0.29) is 5.91 Å². The Morgan fingerprint density at radius 3 is 2.91 bits per heavy atom. The topological polar surface area (TPSA) is 58.4 Å². The van der Waals surface area contributed by atoms with Gasteiger partial charge in [-0.15, -0.1) is 11.3 Å². The van der Waals surface area contributed by atoms with Crippen LogP contribution in [-0.2, 0) is 0 Å². The summed E-state index contributed by atoms with van der Waals surface area (Å²) in [6, 6.07) is 5.37. The quantitative estimate of drug-likeness (QED) is 0.929. The molecule has 2 aromatic heterocycles. The molecule has 1 saturated heterocycles. The van der Waals surface area contributed by atoms with Gasteiger partial charge in [0, 0.05) is 19.2 Å². The van der Waals surface area contributed by atoms with Crippen molar-refractivity contribution in [1.29, 1.82) is 0 Å². The van der Waals surface area contributed by atoms with Gasteiger partial charge in [0.25, 0.3) is 5.91 Å². The minimum Gasteiger partial charge on any atom is -0.355 e. The van der Waals surface area contributed by atoms with E-state index in [4.69, 9.17) is 16.1 Å². The third-order valence-corrected chi connectivity index (χ3v) is 5.19. The fourth-order valence-corrected chi connectivity index (χ4v) is 3.72. The summed E-state index contributed by atoms with van der Waals surface area (Å²) in [6.45, 7) is 2.56. The maximum atomic E-state index is 12.5. The van der Waals surface area contributed by atoms with Crippen LogP contribution < -0.4 is 5.32 Å². The molecule has 2 aromatic rings. The molecule has 0 spiro atoms. The first-order chi connectivity index (χ1) is 10.7. The highest BCUT2D eigenvalue weighted by Gasteiger charge is 2.25. The number of amides is 1. The molecule has 3 heterocycles. The molecule has 1 aliphatic heterocycles. The minimum atomic E-state index is -0.0550. The Kier molecular flexibility index (Phi) is 4.81. The normalized spacial score (nSPS) is 16.2. The van der Waals surface area contributed by atoms with Crippen molar-refractivity contribution in [3.63, 3.8) is 0 Å². The molecular weight excluding hydrogens is 322 g/mol. The maximum absolute atomic E-state index is 12.5. The number of carbonyl (C=O) groups excluding carboxylic acids is 1. The lowest BCUT2D eigenvalue weighted by Gasteiger charge is -2.31. The van der Waals surface area contributed by atoms with E-state index in [2.05, 4.69) is 10.5 Å². The van der Waals surface area contributed by atoms with E-state index in [1.807, 2.05) is 18.0 Å². The second-order valence-corrected chi connectivity index (χ2v) is 7.19. The van der Waals surface area contributed by atoms with Crippen LogP contribution in [0.25, 0.3) is 10.6 Å². The highest BCUT2D eigenvalue weighted by atomic mass is 35.5. The number of nitrogens with one attached hydrogen (secondary N) is 1. The fraction of sp³-hybridized carbons (Fsp3) is 0.467. The third-order valence-electron chi connectivity index (χ3n) is 3.94. The van der Waals surface area contributed by atoms with Crippen molar-refractivity contribution in [2.24, 2.45) is 5.92 Å². The van der Waals surface area contributed by atoms with E-state index in [1.54, 1.807) is 12.1 Å². The van der Waals surface area contributed by atoms with Gasteiger partial charge in [-0.3, -0.25) is 4.79 Å². The summed E-state index contributed by atoms with van der Waals surface area (Å²) in [5.74, 6) is 1.18. The van der Waals surface area contributed by atoms with Gasteiger partial charge < -0.3 is 14.7 Å². The molecule has 5 nitrogen and oxygen atoms in total. The molecule has 1 fully saturated rings. The van der Waals surface area contributed by atoms with Gasteiger partial charge in [-0.2, -0.15) is 0 Å². The Hall–Kier alpha value is -1.37. The number of thiophene rings is 1. The molecule has 0 aliphatic carbocycles. The minimum absolute atomic E-state index is 0.0550. The zero-order valence-corrected chi connectivity index (χ0v) is 13.9. The molecule has 0 saturated carbocycles. The summed E-state index contributed by atoms with van der Waals surface area (Å²) < 4.78 is 5.97. The number of hydrogen-bond donors (Lipinski definition) is 1. The van der Waals surface area contributed by atoms with Crippen molar-refractivity contribution in [2.75, 3.05) is 26.7 Å². The van der Waals surface area contributed by atoms with E-state index in [9.17, 15) is 4.79 Å². The fourth-order valence-electron chi connectivity index (χ4n) is 2.73. The van der Waals surface area contributed by atoms with Crippen molar-refractivity contribution in [1.82, 2.24) is 15.4 Å². The molecule has 0 aromatic carbocycles. The van der Waals surface area contributed by atoms with Crippen LogP contribution in [0, 0.1) is 5.92 Å². The SMILES string of the molecule is CNCC1CCN(C(=O)c2cc(-c3ccc(Cl)s3)on2)CC1. The second kappa shape index (κ2) is 6.81. The highest BCUT2D eigenvalue weighted by Crippen LogP contribution is 2.31. The van der Waals surface area contributed by atoms with Gasteiger partial charge in [0.05, 0.1) is 9.21 Å². The molecule has 22 heavy (non-hydrogen) atoms. The lowest BCUT2D eigenvalue weighted by Crippen LogP contribution is -2.40. The molecule has 1 N–H and O–H groups in total. The second-order valence-electron chi connectivity index (χ2n) is 5.47. The number of hydrogen-bond acceptors (Lipinski definition) is 5. The molecule has 0 bridgehead atoms. The summed E-state index contributed by atoms with van der Waals surface area (Å²) in [5, 5.41) is 7.11. The first kappa shape index (κ1) is 15.5. The predicted molar refractivity (Wildman–Crippen MR) is 87.4 cm³/mol. The van der Waals surface area contributed by atoms with E-state index in [0.29, 0.717) is 21.7 Å². The highest BCUT2D eigenvalue weighted by molar-refractivity contribution is 7.19. The summed E-state index contributed by atoms with van der Waals surface area (Å²) in [6.07, 6.45) is 2.05. The predicted octanol–water partition coefficient (Wildman–Crippen LogP) is 3.13. The van der Waals surface area contributed by atoms with Crippen LogP contribution in [0.3, 0.4) is 0 Å². The number of rotatable bonds is 4. The maximum Gasteiger partial charge on any atom is 0.276 e. The molecule has 118 valence electrons. The summed E-state index contributed by atoms with van der Waals surface area (Å²) in [4.78, 5) is 15.2. The Morgan fingerprint density at radius 1 is 1.50 bits per heavy atom. The van der Waals surface area contributed by atoms with Crippen LogP contribution in [0.15, 0.2) is 22.7 Å². The largest absolute Gasteiger partial charge is 0.355 e. The number of halogens is 1. The molecule has 7 heteroatoms. The molecule has 0 radical (unpaired) electrons. The summed E-state index contributed by atoms with van der Waals surface area (Å²) >= 11 is 7.32. The number of carbonyl (C=O) groups is 1. The van der Waals surface area contributed by atoms with Gasteiger partial charge in [0.2, 0.25) is 0 Å². The Labute approximate surface area is 138 Å². The lowest BCUT2D eigenvalue weighted by atomic mass is 9.96. The molecule has 0 unspecified atom stereocenters. The van der Waals surface area contributed by atoms with Crippen molar-refractivity contribution >= 4 is 28.8 Å². The van der Waals surface area contributed by atoms with E-state index in [0.717, 1.165) is 37.4 Å². The van der Waals surface area contributed by atoms with Crippen molar-refractivity contribution in [3.05, 3.63) is 28.2 Å². The van der Waals surface area contributed by atoms with Crippen LogP contribution in [-0.4, -0.2) is 42.6 Å². The Balaban J connectivity index is 1.65. The van der Waals surface area contributed by atoms with E-state index < -0.39 is 0 Å². The smallest absolute Gasteiger partial charge is 0.276 e. The molecule has 0 atom stereocenters. The summed E-state index contributed by atoms with van der Waals surface area (Å²) in [7, 11) is 1.96. The van der Waals surface area contributed by atoms with Gasteiger partial charge in [-0.25, -0.2) is 0 Å². The number of aromatic nitrogens is 1. The van der Waals surface area contributed by atoms with Crippen LogP contribution in [0.5, 0.6) is 0 Å². The molecular formula is C15H18ClN3O2S. The standard InChI is InChI=1S/C15H18ClN3O2S/c1-17-9-10-4-6-19(7-5-10)15(20)11-8-12(21-18-11)13-2-3-14(16)22-13/h2-3,8,10,17H,4-7,9H2,1H3. The van der Waals surface area contributed by atoms with Crippen molar-refractivity contribution < 1.29 is 9.32 Å². The number of nitrogens with zero attached hydrogens (tertiary/aromatic N) is 2. The molecule has 1 amide bonds. The van der Waals surface area contributed by atoms with Crippen molar-refractivity contribution in [2.45, 2.75) is 12.8 Å². The van der Waals surface area contributed by atoms with Crippen LogP contribution in [0.4, 0.5) is 0 Å². The van der Waals surface area contributed by atoms with Gasteiger partial charge >= 0.3 is 0 Å². The zero-order chi connectivity index (χ0) is 15.5. The van der Waals surface area contributed by atoms with Gasteiger partial charge in [0.15, 0.2) is 11.5 Å². The van der Waals surface area contributed by atoms with Crippen LogP contribution in [0.2, 0.25) is 4.34 Å². The van der Waals surface area contributed by atoms with Gasteiger partial charge in [-0.05, 0) is 44.5 Å². The Morgan fingerprint density at radius 2 is 2.27 bits per heavy atom. The zero-order valence-electron chi connectivity index (χ0n) is 12.3. The van der Waals surface area contributed by atoms with Crippen molar-refractivity contribution in [3.8, 4) is 10.6 Å². The summed E-state index contributed by atoms with van der Waals surface area (Å²) in [5.41, 5.74) is 0.367. The van der Waals surface area contributed by atoms with Gasteiger partial charge in [0.1, 0.15) is 0 Å². The molecule has 1 aliphatic rings. The average Bonchev–Trinajstić information content (AvgIpc) is 3.16. The third kappa shape index (κ3) is 3.34. The van der Waals surface area contributed by atoms with Crippen LogP contribution in [0.1, 0.15) is 23.3 Å². The lowest BCUT2D eigenvalue weighted by molar-refractivity contribution is 0.0680. The first-order valence-electron chi connectivity index (χ1n) is 7.33. The van der Waals surface area contributed by atoms with Crippen LogP contribution >= 0.6 is 22.9 Å². The van der Waals surface area contributed by atoms with E-state index >= 15 is 0 Å². The monoisotopic (exact) mass is 339 g/mol. The van der Waals surface area contributed by atoms with E-state index in [1.165, 1.54) is 11.3 Å². The Bertz CT molecular complexity index is 647.